The van der Waals surface area contributed by atoms with E-state index < -0.39 is 0 Å². The third kappa shape index (κ3) is 11.3. The monoisotopic (exact) mass is 482 g/mol. The molecule has 2 rings (SSSR count). The summed E-state index contributed by atoms with van der Waals surface area (Å²) in [5.41, 5.74) is 2.57. The summed E-state index contributed by atoms with van der Waals surface area (Å²) in [6.45, 7) is 6.12. The first-order chi connectivity index (χ1) is 17.0. The van der Waals surface area contributed by atoms with Gasteiger partial charge in [0.1, 0.15) is 12.3 Å². The molecule has 0 spiro atoms. The smallest absolute Gasteiger partial charge is 0.364 e. The second-order valence-electron chi connectivity index (χ2n) is 10.3. The summed E-state index contributed by atoms with van der Waals surface area (Å²) >= 11 is 0. The van der Waals surface area contributed by atoms with Gasteiger partial charge in [-0.3, -0.25) is 0 Å². The van der Waals surface area contributed by atoms with Gasteiger partial charge in [-0.15, -0.1) is 0 Å². The lowest BCUT2D eigenvalue weighted by atomic mass is 10.0. The van der Waals surface area contributed by atoms with E-state index in [-0.39, 0.29) is 12.0 Å². The normalized spacial score (nSPS) is 12.3. The number of ether oxygens (including phenoxy) is 2. The third-order valence-electron chi connectivity index (χ3n) is 6.63. The van der Waals surface area contributed by atoms with Crippen LogP contribution < -0.4 is 4.74 Å². The third-order valence-corrected chi connectivity index (χ3v) is 6.63. The van der Waals surface area contributed by atoms with Gasteiger partial charge in [-0.05, 0) is 37.0 Å². The molecule has 0 N–H and O–H groups in total. The van der Waals surface area contributed by atoms with Crippen molar-refractivity contribution >= 4 is 5.97 Å². The van der Waals surface area contributed by atoms with E-state index in [0.29, 0.717) is 24.1 Å². The minimum Gasteiger partial charge on any atom is -0.493 e. The van der Waals surface area contributed by atoms with Crippen LogP contribution in [-0.4, -0.2) is 43.8 Å². The Morgan fingerprint density at radius 1 is 0.800 bits per heavy atom. The van der Waals surface area contributed by atoms with Crippen LogP contribution in [-0.2, 0) is 22.5 Å². The van der Waals surface area contributed by atoms with Gasteiger partial charge in [0.15, 0.2) is 6.04 Å². The maximum absolute atomic E-state index is 13.0. The molecular formula is C31H48NO3+. The van der Waals surface area contributed by atoms with E-state index in [1.807, 2.05) is 24.3 Å². The predicted octanol–water partition coefficient (Wildman–Crippen LogP) is 7.35. The molecular weight excluding hydrogens is 434 g/mol. The molecule has 2 aromatic rings. The largest absolute Gasteiger partial charge is 0.493 e. The molecule has 0 saturated carbocycles. The lowest BCUT2D eigenvalue weighted by molar-refractivity contribution is -0.920. The van der Waals surface area contributed by atoms with Crippen molar-refractivity contribution in [3.8, 4) is 5.75 Å². The lowest BCUT2D eigenvalue weighted by Gasteiger charge is -2.36. The molecule has 0 saturated heterocycles. The summed E-state index contributed by atoms with van der Waals surface area (Å²) in [4.78, 5) is 13.0. The molecule has 0 aliphatic carbocycles. The number of nitrogens with zero attached hydrogens (tertiary/aromatic N) is 1. The number of carbonyl (C=O) groups is 1. The van der Waals surface area contributed by atoms with Crippen molar-refractivity contribution in [2.75, 3.05) is 27.3 Å². The minimum atomic E-state index is -0.167. The highest BCUT2D eigenvalue weighted by molar-refractivity contribution is 5.74. The molecule has 0 amide bonds. The number of carbonyl (C=O) groups excluding carboxylic acids is 1. The summed E-state index contributed by atoms with van der Waals surface area (Å²) in [6.07, 6.45) is 11.4. The number of aryl methyl sites for hydroxylation is 1. The summed E-state index contributed by atoms with van der Waals surface area (Å²) in [7, 11) is 4.24. The maximum atomic E-state index is 13.0. The van der Waals surface area contributed by atoms with Gasteiger partial charge in [-0.2, -0.15) is 0 Å². The van der Waals surface area contributed by atoms with Gasteiger partial charge in [-0.1, -0.05) is 88.4 Å². The van der Waals surface area contributed by atoms with Crippen molar-refractivity contribution in [1.82, 2.24) is 0 Å². The zero-order valence-corrected chi connectivity index (χ0v) is 22.6. The Kier molecular flexibility index (Phi) is 13.5. The topological polar surface area (TPSA) is 35.5 Å². The minimum absolute atomic E-state index is 0.103. The summed E-state index contributed by atoms with van der Waals surface area (Å²) in [5, 5.41) is 0. The quantitative estimate of drug-likeness (QED) is 0.127. The average molecular weight is 483 g/mol. The summed E-state index contributed by atoms with van der Waals surface area (Å²) < 4.78 is 12.2. The molecule has 194 valence electrons. The fraction of sp³-hybridized carbons (Fsp3) is 0.581. The number of hydrogen-bond donors (Lipinski definition) is 0. The van der Waals surface area contributed by atoms with Crippen LogP contribution >= 0.6 is 0 Å². The zero-order valence-electron chi connectivity index (χ0n) is 22.6. The van der Waals surface area contributed by atoms with Crippen molar-refractivity contribution < 1.29 is 18.8 Å². The molecule has 0 heterocycles. The van der Waals surface area contributed by atoms with E-state index in [0.717, 1.165) is 31.6 Å². The highest BCUT2D eigenvalue weighted by Gasteiger charge is 2.35. The standard InChI is InChI=1S/C31H48NO3/c1-5-7-8-9-10-12-18-27-21-15-22-29(25-27)34-23-16-24-35-31(33)30(17-6-2)32(3,4)26-28-19-13-11-14-20-28/h11,13-15,19-22,25,30H,5-10,12,16-18,23-24,26H2,1-4H3/q+1. The van der Waals surface area contributed by atoms with Gasteiger partial charge in [0.2, 0.25) is 0 Å². The fourth-order valence-corrected chi connectivity index (χ4v) is 4.61. The van der Waals surface area contributed by atoms with Gasteiger partial charge >= 0.3 is 5.97 Å². The maximum Gasteiger partial charge on any atom is 0.364 e. The summed E-state index contributed by atoms with van der Waals surface area (Å²) in [5.74, 6) is 0.804. The van der Waals surface area contributed by atoms with Crippen LogP contribution in [0.1, 0.15) is 82.8 Å². The number of rotatable bonds is 18. The Morgan fingerprint density at radius 2 is 1.51 bits per heavy atom. The van der Waals surface area contributed by atoms with Crippen molar-refractivity contribution in [3.05, 3.63) is 65.7 Å². The Balaban J connectivity index is 1.72. The first-order valence-electron chi connectivity index (χ1n) is 13.7. The molecule has 0 fully saturated rings. The van der Waals surface area contributed by atoms with Crippen molar-refractivity contribution in [3.63, 3.8) is 0 Å². The number of hydrogen-bond acceptors (Lipinski definition) is 3. The van der Waals surface area contributed by atoms with Crippen LogP contribution in [0.4, 0.5) is 0 Å². The number of benzene rings is 2. The van der Waals surface area contributed by atoms with Crippen LogP contribution in [0.5, 0.6) is 5.75 Å². The van der Waals surface area contributed by atoms with E-state index in [1.165, 1.54) is 49.7 Å². The number of quaternary nitrogens is 1. The van der Waals surface area contributed by atoms with Gasteiger partial charge in [0, 0.05) is 18.4 Å². The Hall–Kier alpha value is -2.33. The van der Waals surface area contributed by atoms with E-state index >= 15 is 0 Å². The number of likely N-dealkylation sites (N-methyl/N-ethyl adjacent to an activating group) is 1. The zero-order chi connectivity index (χ0) is 25.4. The van der Waals surface area contributed by atoms with E-state index in [1.54, 1.807) is 0 Å². The van der Waals surface area contributed by atoms with Crippen LogP contribution in [0.2, 0.25) is 0 Å². The fourth-order valence-electron chi connectivity index (χ4n) is 4.61. The molecule has 2 aromatic carbocycles. The Bertz CT molecular complexity index is 834. The van der Waals surface area contributed by atoms with Gasteiger partial charge < -0.3 is 14.0 Å². The molecule has 1 unspecified atom stereocenters. The summed E-state index contributed by atoms with van der Waals surface area (Å²) in [6, 6.07) is 18.6. The van der Waals surface area contributed by atoms with Crippen molar-refractivity contribution in [2.24, 2.45) is 0 Å². The number of esters is 1. The predicted molar refractivity (Wildman–Crippen MR) is 146 cm³/mol. The van der Waals surface area contributed by atoms with Crippen LogP contribution in [0.15, 0.2) is 54.6 Å². The van der Waals surface area contributed by atoms with Gasteiger partial charge in [-0.25, -0.2) is 4.79 Å². The first-order valence-corrected chi connectivity index (χ1v) is 13.7. The SMILES string of the molecule is CCCCCCCCc1cccc(OCCCOC(=O)C(CCC)[N+](C)(C)Cc2ccccc2)c1. The van der Waals surface area contributed by atoms with E-state index in [4.69, 9.17) is 9.47 Å². The Labute approximate surface area is 214 Å². The molecule has 1 atom stereocenters. The lowest BCUT2D eigenvalue weighted by Crippen LogP contribution is -2.52. The Morgan fingerprint density at radius 3 is 2.26 bits per heavy atom. The molecule has 35 heavy (non-hydrogen) atoms. The molecule has 0 bridgehead atoms. The van der Waals surface area contributed by atoms with E-state index in [2.05, 4.69) is 58.3 Å². The molecule has 0 aromatic heterocycles. The van der Waals surface area contributed by atoms with Crippen LogP contribution in [0.25, 0.3) is 0 Å². The van der Waals surface area contributed by atoms with Gasteiger partial charge in [0.25, 0.3) is 0 Å². The molecule has 0 aliphatic heterocycles. The molecule has 4 heteroatoms. The molecule has 0 aliphatic rings. The van der Waals surface area contributed by atoms with Crippen molar-refractivity contribution in [2.45, 2.75) is 90.6 Å². The second kappa shape index (κ2) is 16.4. The van der Waals surface area contributed by atoms with Crippen LogP contribution in [0.3, 0.4) is 0 Å². The molecule has 4 nitrogen and oxygen atoms in total. The average Bonchev–Trinajstić information content (AvgIpc) is 2.85. The molecule has 0 radical (unpaired) electrons. The van der Waals surface area contributed by atoms with Gasteiger partial charge in [0.05, 0.1) is 27.3 Å². The van der Waals surface area contributed by atoms with Crippen LogP contribution in [0, 0.1) is 0 Å². The second-order valence-corrected chi connectivity index (χ2v) is 10.3. The first kappa shape index (κ1) is 28.9. The van der Waals surface area contributed by atoms with Crippen molar-refractivity contribution in [1.29, 1.82) is 0 Å². The highest BCUT2D eigenvalue weighted by Crippen LogP contribution is 2.20. The highest BCUT2D eigenvalue weighted by atomic mass is 16.5. The van der Waals surface area contributed by atoms with E-state index in [9.17, 15) is 4.79 Å². The number of unbranched alkanes of at least 4 members (excludes halogenated alkanes) is 5.